The van der Waals surface area contributed by atoms with Crippen LogP contribution in [0.4, 0.5) is 0 Å². The van der Waals surface area contributed by atoms with E-state index in [1.807, 2.05) is 0 Å². The van der Waals surface area contributed by atoms with Crippen LogP contribution < -0.4 is 14.2 Å². The number of ether oxygens (including phenoxy) is 3. The zero-order valence-corrected chi connectivity index (χ0v) is 8.50. The Morgan fingerprint density at radius 1 is 1.07 bits per heavy atom. The van der Waals surface area contributed by atoms with Crippen molar-refractivity contribution in [2.45, 2.75) is 12.8 Å². The quantitative estimate of drug-likeness (QED) is 0.755. The van der Waals surface area contributed by atoms with Gasteiger partial charge in [-0.15, -0.1) is 0 Å². The minimum atomic E-state index is 0.232. The molecule has 15 heavy (non-hydrogen) atoms. The van der Waals surface area contributed by atoms with Gasteiger partial charge in [-0.2, -0.15) is 0 Å². The minimum Gasteiger partial charge on any atom is -0.504 e. The van der Waals surface area contributed by atoms with Crippen molar-refractivity contribution in [2.24, 2.45) is 0 Å². The molecule has 0 amide bonds. The Hall–Kier alpha value is -1.58. The first-order valence-corrected chi connectivity index (χ1v) is 5.03. The van der Waals surface area contributed by atoms with Gasteiger partial charge in [-0.05, 0) is 0 Å². The normalized spacial score (nSPS) is 16.6. The number of hydrogen-bond donors (Lipinski definition) is 1. The summed E-state index contributed by atoms with van der Waals surface area (Å²) in [5.41, 5.74) is 1.74. The van der Waals surface area contributed by atoms with E-state index in [-0.39, 0.29) is 5.75 Å². The zero-order chi connectivity index (χ0) is 10.4. The Labute approximate surface area is 87.4 Å². The zero-order valence-electron chi connectivity index (χ0n) is 8.50. The Morgan fingerprint density at radius 3 is 2.47 bits per heavy atom. The summed E-state index contributed by atoms with van der Waals surface area (Å²) in [5.74, 6) is 2.24. The van der Waals surface area contributed by atoms with Crippen molar-refractivity contribution in [1.29, 1.82) is 0 Å². The maximum absolute atomic E-state index is 9.99. The predicted octanol–water partition coefficient (Wildman–Crippen LogP) is 1.27. The van der Waals surface area contributed by atoms with Crippen molar-refractivity contribution in [1.82, 2.24) is 0 Å². The second-order valence-corrected chi connectivity index (χ2v) is 3.69. The summed E-state index contributed by atoms with van der Waals surface area (Å²) in [7, 11) is 1.62. The van der Waals surface area contributed by atoms with Crippen LogP contribution in [-0.4, -0.2) is 25.4 Å². The smallest absolute Gasteiger partial charge is 0.168 e. The van der Waals surface area contributed by atoms with E-state index in [1.165, 1.54) is 0 Å². The van der Waals surface area contributed by atoms with Gasteiger partial charge in [0.2, 0.25) is 0 Å². The highest BCUT2D eigenvalue weighted by Crippen LogP contribution is 2.52. The summed E-state index contributed by atoms with van der Waals surface area (Å²) < 4.78 is 16.2. The van der Waals surface area contributed by atoms with Crippen LogP contribution in [0.25, 0.3) is 0 Å². The molecule has 4 heteroatoms. The molecule has 1 aromatic rings. The third-order valence-corrected chi connectivity index (χ3v) is 2.93. The highest BCUT2D eigenvalue weighted by atomic mass is 16.5. The molecular weight excluding hydrogens is 196 g/mol. The molecule has 0 fully saturated rings. The van der Waals surface area contributed by atoms with Crippen molar-refractivity contribution in [3.63, 3.8) is 0 Å². The van der Waals surface area contributed by atoms with Gasteiger partial charge in [0, 0.05) is 24.0 Å². The van der Waals surface area contributed by atoms with Crippen LogP contribution in [0, 0.1) is 0 Å². The van der Waals surface area contributed by atoms with E-state index >= 15 is 0 Å². The first-order valence-electron chi connectivity index (χ1n) is 5.03. The van der Waals surface area contributed by atoms with Crippen molar-refractivity contribution in [2.75, 3.05) is 20.3 Å². The molecule has 0 unspecified atom stereocenters. The SMILES string of the molecule is COc1c2c(c(O)c3c1OCC3)OCC2. The van der Waals surface area contributed by atoms with Crippen LogP contribution >= 0.6 is 0 Å². The molecule has 0 spiro atoms. The molecule has 0 aliphatic carbocycles. The van der Waals surface area contributed by atoms with Crippen LogP contribution in [0.15, 0.2) is 0 Å². The van der Waals surface area contributed by atoms with Gasteiger partial charge in [0.05, 0.1) is 20.3 Å². The maximum atomic E-state index is 9.99. The molecule has 0 radical (unpaired) electrons. The predicted molar refractivity (Wildman–Crippen MR) is 53.1 cm³/mol. The van der Waals surface area contributed by atoms with Gasteiger partial charge < -0.3 is 19.3 Å². The summed E-state index contributed by atoms with van der Waals surface area (Å²) in [6.45, 7) is 1.20. The van der Waals surface area contributed by atoms with Crippen LogP contribution in [0.1, 0.15) is 11.1 Å². The lowest BCUT2D eigenvalue weighted by Crippen LogP contribution is -1.94. The summed E-state index contributed by atoms with van der Waals surface area (Å²) in [4.78, 5) is 0. The first-order chi connectivity index (χ1) is 7.33. The van der Waals surface area contributed by atoms with E-state index in [2.05, 4.69) is 0 Å². The fraction of sp³-hybridized carbons (Fsp3) is 0.455. The van der Waals surface area contributed by atoms with E-state index in [0.717, 1.165) is 23.3 Å². The number of rotatable bonds is 1. The summed E-state index contributed by atoms with van der Waals surface area (Å²) >= 11 is 0. The molecule has 0 saturated heterocycles. The van der Waals surface area contributed by atoms with E-state index in [4.69, 9.17) is 14.2 Å². The number of methoxy groups -OCH3 is 1. The van der Waals surface area contributed by atoms with Gasteiger partial charge in [-0.1, -0.05) is 0 Å². The molecule has 2 heterocycles. The van der Waals surface area contributed by atoms with E-state index < -0.39 is 0 Å². The van der Waals surface area contributed by atoms with Crippen LogP contribution in [0.2, 0.25) is 0 Å². The van der Waals surface area contributed by atoms with E-state index in [9.17, 15) is 5.11 Å². The standard InChI is InChI=1S/C11H12O4/c1-13-10-7-3-5-14-9(7)8(12)6-2-4-15-11(6)10/h12H,2-5H2,1H3. The number of benzene rings is 1. The van der Waals surface area contributed by atoms with Crippen molar-refractivity contribution in [3.8, 4) is 23.0 Å². The molecule has 1 N–H and O–H groups in total. The van der Waals surface area contributed by atoms with Gasteiger partial charge in [0.15, 0.2) is 23.0 Å². The van der Waals surface area contributed by atoms with Gasteiger partial charge in [-0.3, -0.25) is 0 Å². The Morgan fingerprint density at radius 2 is 1.73 bits per heavy atom. The average Bonchev–Trinajstić information content (AvgIpc) is 2.85. The van der Waals surface area contributed by atoms with Crippen LogP contribution in [0.5, 0.6) is 23.0 Å². The Kier molecular flexibility index (Phi) is 1.71. The molecule has 0 atom stereocenters. The molecule has 0 aromatic heterocycles. The maximum Gasteiger partial charge on any atom is 0.168 e. The van der Waals surface area contributed by atoms with Crippen LogP contribution in [0.3, 0.4) is 0 Å². The summed E-state index contributed by atoms with van der Waals surface area (Å²) in [6.07, 6.45) is 1.48. The van der Waals surface area contributed by atoms with Crippen molar-refractivity contribution in [3.05, 3.63) is 11.1 Å². The second-order valence-electron chi connectivity index (χ2n) is 3.69. The number of phenolic OH excluding ortho intramolecular Hbond substituents is 1. The number of hydrogen-bond acceptors (Lipinski definition) is 4. The largest absolute Gasteiger partial charge is 0.504 e. The lowest BCUT2D eigenvalue weighted by atomic mass is 10.0. The first kappa shape index (κ1) is 8.71. The highest BCUT2D eigenvalue weighted by molar-refractivity contribution is 5.68. The molecule has 1 aromatic carbocycles. The molecule has 0 bridgehead atoms. The monoisotopic (exact) mass is 208 g/mol. The van der Waals surface area contributed by atoms with Crippen molar-refractivity contribution >= 4 is 0 Å². The molecule has 80 valence electrons. The second kappa shape index (κ2) is 2.95. The Balaban J connectivity index is 2.31. The average molecular weight is 208 g/mol. The number of phenols is 1. The van der Waals surface area contributed by atoms with Gasteiger partial charge >= 0.3 is 0 Å². The fourth-order valence-corrected chi connectivity index (χ4v) is 2.26. The molecular formula is C11H12O4. The number of fused-ring (bicyclic) bond motifs is 2. The number of aromatic hydroxyl groups is 1. The van der Waals surface area contributed by atoms with E-state index in [0.29, 0.717) is 31.1 Å². The van der Waals surface area contributed by atoms with Crippen molar-refractivity contribution < 1.29 is 19.3 Å². The minimum absolute atomic E-state index is 0.232. The lowest BCUT2D eigenvalue weighted by Gasteiger charge is -2.12. The van der Waals surface area contributed by atoms with Gasteiger partial charge in [0.25, 0.3) is 0 Å². The van der Waals surface area contributed by atoms with Crippen LogP contribution in [-0.2, 0) is 12.8 Å². The molecule has 3 rings (SSSR count). The highest BCUT2D eigenvalue weighted by Gasteiger charge is 2.32. The summed E-state index contributed by atoms with van der Waals surface area (Å²) in [5, 5.41) is 9.99. The molecule has 2 aliphatic rings. The van der Waals surface area contributed by atoms with E-state index in [1.54, 1.807) is 7.11 Å². The van der Waals surface area contributed by atoms with Gasteiger partial charge in [0.1, 0.15) is 0 Å². The molecule has 4 nitrogen and oxygen atoms in total. The third-order valence-electron chi connectivity index (χ3n) is 2.93. The fourth-order valence-electron chi connectivity index (χ4n) is 2.26. The molecule has 0 saturated carbocycles. The Bertz CT molecular complexity index is 390. The third kappa shape index (κ3) is 1.02. The lowest BCUT2D eigenvalue weighted by molar-refractivity contribution is 0.323. The van der Waals surface area contributed by atoms with Gasteiger partial charge in [-0.25, -0.2) is 0 Å². The topological polar surface area (TPSA) is 47.9 Å². The summed E-state index contributed by atoms with van der Waals surface area (Å²) in [6, 6.07) is 0. The molecule has 2 aliphatic heterocycles.